The van der Waals surface area contributed by atoms with Gasteiger partial charge in [0.15, 0.2) is 0 Å². The van der Waals surface area contributed by atoms with Crippen molar-refractivity contribution in [2.24, 2.45) is 0 Å². The lowest BCUT2D eigenvalue weighted by molar-refractivity contribution is 0.0947. The van der Waals surface area contributed by atoms with Crippen molar-refractivity contribution in [1.82, 2.24) is 9.78 Å². The first kappa shape index (κ1) is 15.1. The molecule has 0 aliphatic rings. The van der Waals surface area contributed by atoms with Gasteiger partial charge < -0.3 is 0 Å². The van der Waals surface area contributed by atoms with Crippen molar-refractivity contribution in [1.29, 1.82) is 0 Å². The molecule has 0 saturated heterocycles. The van der Waals surface area contributed by atoms with E-state index in [2.05, 4.69) is 5.10 Å². The molecule has 0 aliphatic carbocycles. The van der Waals surface area contributed by atoms with E-state index in [4.69, 9.17) is 0 Å². The molecule has 0 aliphatic heterocycles. The normalized spacial score (nSPS) is 10.6. The van der Waals surface area contributed by atoms with E-state index >= 15 is 0 Å². The number of carbonyl (C=O) groups excluding carboxylic acids is 1. The topological polar surface area (TPSA) is 34.9 Å². The number of hydrogen-bond donors (Lipinski definition) is 0. The van der Waals surface area contributed by atoms with Crippen LogP contribution in [0, 0.1) is 0 Å². The Morgan fingerprint density at radius 1 is 0.680 bits per heavy atom. The van der Waals surface area contributed by atoms with Crippen LogP contribution in [0.3, 0.4) is 0 Å². The van der Waals surface area contributed by atoms with Crippen molar-refractivity contribution >= 4 is 5.91 Å². The van der Waals surface area contributed by atoms with Gasteiger partial charge in [0.25, 0.3) is 5.91 Å². The van der Waals surface area contributed by atoms with Crippen LogP contribution in [-0.2, 0) is 0 Å². The summed E-state index contributed by atoms with van der Waals surface area (Å²) in [6, 6.07) is 30.9. The number of benzene rings is 3. The lowest BCUT2D eigenvalue weighted by Crippen LogP contribution is -2.14. The van der Waals surface area contributed by atoms with Gasteiger partial charge in [0.1, 0.15) is 0 Å². The van der Waals surface area contributed by atoms with Crippen LogP contribution in [0.4, 0.5) is 0 Å². The quantitative estimate of drug-likeness (QED) is 0.537. The van der Waals surface area contributed by atoms with E-state index in [1.54, 1.807) is 12.1 Å². The Morgan fingerprint density at radius 3 is 1.80 bits per heavy atom. The van der Waals surface area contributed by atoms with Gasteiger partial charge in [0.05, 0.1) is 11.4 Å². The highest BCUT2D eigenvalue weighted by Crippen LogP contribution is 2.26. The van der Waals surface area contributed by atoms with Gasteiger partial charge in [-0.15, -0.1) is 0 Å². The zero-order valence-electron chi connectivity index (χ0n) is 13.5. The minimum Gasteiger partial charge on any atom is -0.267 e. The summed E-state index contributed by atoms with van der Waals surface area (Å²) in [6.45, 7) is 0. The second-order valence-corrected chi connectivity index (χ2v) is 5.73. The fraction of sp³-hybridized carbons (Fsp3) is 0. The van der Waals surface area contributed by atoms with Crippen LogP contribution < -0.4 is 0 Å². The maximum Gasteiger partial charge on any atom is 0.278 e. The number of nitrogens with zero attached hydrogens (tertiary/aromatic N) is 2. The predicted molar refractivity (Wildman–Crippen MR) is 99.3 cm³/mol. The largest absolute Gasteiger partial charge is 0.278 e. The van der Waals surface area contributed by atoms with Gasteiger partial charge in [-0.05, 0) is 18.2 Å². The van der Waals surface area contributed by atoms with Crippen molar-refractivity contribution in [3.8, 4) is 22.5 Å². The summed E-state index contributed by atoms with van der Waals surface area (Å²) in [6.07, 6.45) is 0. The Hall–Kier alpha value is -3.46. The molecule has 120 valence electrons. The summed E-state index contributed by atoms with van der Waals surface area (Å²) in [5, 5.41) is 4.60. The smallest absolute Gasteiger partial charge is 0.267 e. The summed E-state index contributed by atoms with van der Waals surface area (Å²) in [5.41, 5.74) is 4.13. The first-order valence-electron chi connectivity index (χ1n) is 8.13. The van der Waals surface area contributed by atoms with Gasteiger partial charge in [-0.25, -0.2) is 0 Å². The Morgan fingerprint density at radius 2 is 1.20 bits per heavy atom. The summed E-state index contributed by atoms with van der Waals surface area (Å²) in [4.78, 5) is 13.0. The molecule has 3 aromatic carbocycles. The summed E-state index contributed by atoms with van der Waals surface area (Å²) in [5.74, 6) is -0.137. The lowest BCUT2D eigenvalue weighted by atomic mass is 10.1. The van der Waals surface area contributed by atoms with Crippen molar-refractivity contribution < 1.29 is 4.79 Å². The zero-order chi connectivity index (χ0) is 17.1. The molecule has 0 fully saturated rings. The molecule has 25 heavy (non-hydrogen) atoms. The van der Waals surface area contributed by atoms with E-state index in [9.17, 15) is 4.79 Å². The fourth-order valence-electron chi connectivity index (χ4n) is 2.80. The van der Waals surface area contributed by atoms with Gasteiger partial charge in [-0.2, -0.15) is 9.78 Å². The molecule has 1 heterocycles. The van der Waals surface area contributed by atoms with Crippen LogP contribution >= 0.6 is 0 Å². The van der Waals surface area contributed by atoms with Gasteiger partial charge in [0, 0.05) is 16.7 Å². The van der Waals surface area contributed by atoms with Crippen LogP contribution in [0.1, 0.15) is 10.4 Å². The molecule has 0 atom stereocenters. The summed E-state index contributed by atoms with van der Waals surface area (Å²) >= 11 is 0. The van der Waals surface area contributed by atoms with Gasteiger partial charge in [0.2, 0.25) is 0 Å². The maximum atomic E-state index is 13.0. The molecule has 4 aromatic rings. The van der Waals surface area contributed by atoms with Crippen LogP contribution in [0.25, 0.3) is 22.5 Å². The van der Waals surface area contributed by atoms with E-state index in [0.29, 0.717) is 5.56 Å². The molecule has 1 aromatic heterocycles. The fourth-order valence-corrected chi connectivity index (χ4v) is 2.80. The van der Waals surface area contributed by atoms with Crippen molar-refractivity contribution in [2.45, 2.75) is 0 Å². The van der Waals surface area contributed by atoms with E-state index in [-0.39, 0.29) is 5.91 Å². The van der Waals surface area contributed by atoms with E-state index in [0.717, 1.165) is 22.5 Å². The predicted octanol–water partition coefficient (Wildman–Crippen LogP) is 4.91. The standard InChI is InChI=1S/C22H16N2O/c25-22(19-14-8-3-9-15-19)24-21(18-12-6-2-7-13-18)16-20(23-24)17-10-4-1-5-11-17/h1-16H. The minimum atomic E-state index is -0.137. The first-order valence-corrected chi connectivity index (χ1v) is 8.13. The molecule has 0 amide bonds. The number of carbonyl (C=O) groups is 1. The van der Waals surface area contributed by atoms with E-state index in [1.807, 2.05) is 84.9 Å². The molecule has 3 nitrogen and oxygen atoms in total. The van der Waals surface area contributed by atoms with Crippen molar-refractivity contribution in [2.75, 3.05) is 0 Å². The molecule has 4 rings (SSSR count). The lowest BCUT2D eigenvalue weighted by Gasteiger charge is -2.06. The SMILES string of the molecule is O=C(c1ccccc1)n1nc(-c2ccccc2)cc1-c1ccccc1. The average molecular weight is 324 g/mol. The molecule has 0 spiro atoms. The molecular formula is C22H16N2O. The summed E-state index contributed by atoms with van der Waals surface area (Å²) < 4.78 is 1.49. The third-order valence-corrected chi connectivity index (χ3v) is 4.06. The van der Waals surface area contributed by atoms with Crippen LogP contribution in [0.5, 0.6) is 0 Å². The monoisotopic (exact) mass is 324 g/mol. The van der Waals surface area contributed by atoms with Gasteiger partial charge in [-0.3, -0.25) is 4.79 Å². The minimum absolute atomic E-state index is 0.137. The molecule has 0 N–H and O–H groups in total. The van der Waals surface area contributed by atoms with E-state index in [1.165, 1.54) is 4.68 Å². The van der Waals surface area contributed by atoms with Gasteiger partial charge in [-0.1, -0.05) is 78.9 Å². The maximum absolute atomic E-state index is 13.0. The Kier molecular flexibility index (Phi) is 3.97. The second kappa shape index (κ2) is 6.57. The summed E-state index contributed by atoms with van der Waals surface area (Å²) in [7, 11) is 0. The van der Waals surface area contributed by atoms with Crippen LogP contribution in [0.2, 0.25) is 0 Å². The highest BCUT2D eigenvalue weighted by atomic mass is 16.2. The number of aromatic nitrogens is 2. The molecule has 0 bridgehead atoms. The third kappa shape index (κ3) is 3.00. The third-order valence-electron chi connectivity index (χ3n) is 4.06. The average Bonchev–Trinajstić information content (AvgIpc) is 3.15. The van der Waals surface area contributed by atoms with E-state index < -0.39 is 0 Å². The van der Waals surface area contributed by atoms with Gasteiger partial charge >= 0.3 is 0 Å². The highest BCUT2D eigenvalue weighted by Gasteiger charge is 2.17. The van der Waals surface area contributed by atoms with Crippen LogP contribution in [0.15, 0.2) is 97.1 Å². The molecule has 0 radical (unpaired) electrons. The number of rotatable bonds is 3. The Balaban J connectivity index is 1.87. The molecule has 0 saturated carbocycles. The Bertz CT molecular complexity index is 990. The molecule has 3 heteroatoms. The molecule has 0 unspecified atom stereocenters. The first-order chi connectivity index (χ1) is 12.3. The Labute approximate surface area is 146 Å². The van der Waals surface area contributed by atoms with Crippen molar-refractivity contribution in [3.63, 3.8) is 0 Å². The second-order valence-electron chi connectivity index (χ2n) is 5.73. The molecular weight excluding hydrogens is 308 g/mol. The zero-order valence-corrected chi connectivity index (χ0v) is 13.5. The van der Waals surface area contributed by atoms with Crippen molar-refractivity contribution in [3.05, 3.63) is 103 Å². The van der Waals surface area contributed by atoms with Crippen LogP contribution in [-0.4, -0.2) is 15.7 Å². The highest BCUT2D eigenvalue weighted by molar-refractivity contribution is 5.98. The number of hydrogen-bond acceptors (Lipinski definition) is 2.